The van der Waals surface area contributed by atoms with Crippen molar-refractivity contribution in [2.75, 3.05) is 13.2 Å². The highest BCUT2D eigenvalue weighted by molar-refractivity contribution is 4.91. The van der Waals surface area contributed by atoms with Gasteiger partial charge in [-0.25, -0.2) is 0 Å². The van der Waals surface area contributed by atoms with Gasteiger partial charge in [-0.1, -0.05) is 0 Å². The van der Waals surface area contributed by atoms with Gasteiger partial charge in [0, 0.05) is 12.1 Å². The molecule has 0 amide bonds. The monoisotopic (exact) mass is 183 g/mol. The van der Waals surface area contributed by atoms with Crippen LogP contribution in [-0.2, 0) is 4.74 Å². The van der Waals surface area contributed by atoms with Crippen molar-refractivity contribution in [2.24, 2.45) is 0 Å². The number of hydrogen-bond donors (Lipinski definition) is 1. The van der Waals surface area contributed by atoms with Crippen molar-refractivity contribution >= 4 is 0 Å². The lowest BCUT2D eigenvalue weighted by molar-refractivity contribution is -0.00265. The summed E-state index contributed by atoms with van der Waals surface area (Å²) in [5, 5.41) is 3.60. The van der Waals surface area contributed by atoms with Gasteiger partial charge >= 0.3 is 0 Å². The molecule has 0 radical (unpaired) electrons. The average molecular weight is 183 g/mol. The summed E-state index contributed by atoms with van der Waals surface area (Å²) >= 11 is 0. The first-order chi connectivity index (χ1) is 6.29. The van der Waals surface area contributed by atoms with E-state index in [1.54, 1.807) is 0 Å². The van der Waals surface area contributed by atoms with E-state index in [1.165, 1.54) is 45.1 Å². The first kappa shape index (κ1) is 9.47. The largest absolute Gasteiger partial charge is 0.378 e. The zero-order valence-corrected chi connectivity index (χ0v) is 8.64. The lowest BCUT2D eigenvalue weighted by atomic mass is 9.90. The maximum absolute atomic E-state index is 5.77. The predicted molar refractivity (Wildman–Crippen MR) is 53.8 cm³/mol. The molecular weight excluding hydrogens is 162 g/mol. The smallest absolute Gasteiger partial charge is 0.0592 e. The second-order valence-electron chi connectivity index (χ2n) is 4.78. The average Bonchev–Trinajstić information content (AvgIpc) is 2.54. The topological polar surface area (TPSA) is 21.3 Å². The van der Waals surface area contributed by atoms with Gasteiger partial charge in [-0.15, -0.1) is 0 Å². The summed E-state index contributed by atoms with van der Waals surface area (Å²) in [6.07, 6.45) is 8.31. The highest BCUT2D eigenvalue weighted by Crippen LogP contribution is 2.28. The van der Waals surface area contributed by atoms with Crippen LogP contribution in [0.25, 0.3) is 0 Å². The van der Waals surface area contributed by atoms with Crippen molar-refractivity contribution in [3.8, 4) is 0 Å². The maximum atomic E-state index is 5.77. The van der Waals surface area contributed by atoms with E-state index in [2.05, 4.69) is 12.2 Å². The molecule has 1 N–H and O–H groups in total. The third-order valence-electron chi connectivity index (χ3n) is 3.41. The molecule has 13 heavy (non-hydrogen) atoms. The molecule has 0 aliphatic carbocycles. The van der Waals surface area contributed by atoms with Crippen molar-refractivity contribution in [3.05, 3.63) is 0 Å². The maximum Gasteiger partial charge on any atom is 0.0592 e. The van der Waals surface area contributed by atoms with E-state index in [4.69, 9.17) is 4.74 Å². The van der Waals surface area contributed by atoms with Gasteiger partial charge in [0.2, 0.25) is 0 Å². The number of hydrogen-bond acceptors (Lipinski definition) is 2. The minimum absolute atomic E-state index is 0.377. The van der Waals surface area contributed by atoms with Crippen molar-refractivity contribution in [3.63, 3.8) is 0 Å². The zero-order valence-electron chi connectivity index (χ0n) is 8.64. The molecule has 0 aromatic rings. The number of nitrogens with one attached hydrogen (secondary N) is 1. The standard InChI is InChI=1S/C11H21NO/c1-11(6-4-7-12-11)9-10-5-2-3-8-13-10/h10,12H,2-9H2,1H3. The van der Waals surface area contributed by atoms with Crippen LogP contribution in [0, 0.1) is 0 Å². The Hall–Kier alpha value is -0.0800. The fourth-order valence-electron chi connectivity index (χ4n) is 2.60. The van der Waals surface area contributed by atoms with Crippen LogP contribution in [0.5, 0.6) is 0 Å². The molecule has 2 fully saturated rings. The molecule has 2 aliphatic heterocycles. The van der Waals surface area contributed by atoms with Crippen LogP contribution in [0.4, 0.5) is 0 Å². The van der Waals surface area contributed by atoms with E-state index >= 15 is 0 Å². The van der Waals surface area contributed by atoms with E-state index in [-0.39, 0.29) is 0 Å². The summed E-state index contributed by atoms with van der Waals surface area (Å²) in [5.41, 5.74) is 0.377. The van der Waals surface area contributed by atoms with Gasteiger partial charge in [-0.2, -0.15) is 0 Å². The summed E-state index contributed by atoms with van der Waals surface area (Å²) in [4.78, 5) is 0. The van der Waals surface area contributed by atoms with Crippen LogP contribution in [0.3, 0.4) is 0 Å². The van der Waals surface area contributed by atoms with Gasteiger partial charge in [0.1, 0.15) is 0 Å². The first-order valence-electron chi connectivity index (χ1n) is 5.65. The molecular formula is C11H21NO. The third kappa shape index (κ3) is 2.44. The quantitative estimate of drug-likeness (QED) is 0.707. The first-order valence-corrected chi connectivity index (χ1v) is 5.65. The van der Waals surface area contributed by atoms with Gasteiger partial charge in [0.25, 0.3) is 0 Å². The zero-order chi connectivity index (χ0) is 9.15. The van der Waals surface area contributed by atoms with E-state index in [9.17, 15) is 0 Å². The summed E-state index contributed by atoms with van der Waals surface area (Å²) in [6.45, 7) is 4.53. The van der Waals surface area contributed by atoms with Crippen LogP contribution < -0.4 is 5.32 Å². The van der Waals surface area contributed by atoms with Crippen LogP contribution in [-0.4, -0.2) is 24.8 Å². The minimum atomic E-state index is 0.377. The Labute approximate surface area is 81.0 Å². The molecule has 2 aliphatic rings. The molecule has 2 saturated heterocycles. The third-order valence-corrected chi connectivity index (χ3v) is 3.41. The van der Waals surface area contributed by atoms with E-state index < -0.39 is 0 Å². The molecule has 0 aromatic carbocycles. The molecule has 0 bridgehead atoms. The van der Waals surface area contributed by atoms with Gasteiger partial charge in [-0.05, 0) is 52.0 Å². The molecule has 2 heteroatoms. The van der Waals surface area contributed by atoms with Gasteiger partial charge in [-0.3, -0.25) is 0 Å². The molecule has 2 heterocycles. The Balaban J connectivity index is 1.81. The normalized spacial score (nSPS) is 40.8. The Kier molecular flexibility index (Phi) is 2.89. The van der Waals surface area contributed by atoms with Gasteiger partial charge in [0.15, 0.2) is 0 Å². The summed E-state index contributed by atoms with van der Waals surface area (Å²) in [7, 11) is 0. The van der Waals surface area contributed by atoms with E-state index in [0.717, 1.165) is 6.61 Å². The van der Waals surface area contributed by atoms with Crippen LogP contribution >= 0.6 is 0 Å². The second kappa shape index (κ2) is 3.97. The number of ether oxygens (including phenoxy) is 1. The minimum Gasteiger partial charge on any atom is -0.378 e. The van der Waals surface area contributed by atoms with Gasteiger partial charge in [0.05, 0.1) is 6.10 Å². The second-order valence-corrected chi connectivity index (χ2v) is 4.78. The summed E-state index contributed by atoms with van der Waals surface area (Å²) in [6, 6.07) is 0. The Morgan fingerprint density at radius 2 is 2.31 bits per heavy atom. The summed E-state index contributed by atoms with van der Waals surface area (Å²) < 4.78 is 5.77. The lowest BCUT2D eigenvalue weighted by Crippen LogP contribution is -2.41. The lowest BCUT2D eigenvalue weighted by Gasteiger charge is -2.31. The molecule has 0 saturated carbocycles. The molecule has 2 atom stereocenters. The van der Waals surface area contributed by atoms with Crippen molar-refractivity contribution in [1.82, 2.24) is 5.32 Å². The molecule has 76 valence electrons. The van der Waals surface area contributed by atoms with E-state index in [1.807, 2.05) is 0 Å². The molecule has 0 spiro atoms. The molecule has 0 aromatic heterocycles. The number of rotatable bonds is 2. The van der Waals surface area contributed by atoms with Crippen LogP contribution in [0.1, 0.15) is 45.4 Å². The van der Waals surface area contributed by atoms with Crippen molar-refractivity contribution < 1.29 is 4.74 Å². The SMILES string of the molecule is CC1(CC2CCCCO2)CCCN1. The Bertz CT molecular complexity index is 157. The predicted octanol–water partition coefficient (Wildman–Crippen LogP) is 2.09. The Morgan fingerprint density at radius 3 is 2.92 bits per heavy atom. The van der Waals surface area contributed by atoms with E-state index in [0.29, 0.717) is 11.6 Å². The fourth-order valence-corrected chi connectivity index (χ4v) is 2.60. The van der Waals surface area contributed by atoms with Crippen molar-refractivity contribution in [2.45, 2.75) is 57.1 Å². The van der Waals surface area contributed by atoms with Gasteiger partial charge < -0.3 is 10.1 Å². The molecule has 2 rings (SSSR count). The van der Waals surface area contributed by atoms with Crippen molar-refractivity contribution in [1.29, 1.82) is 0 Å². The van der Waals surface area contributed by atoms with Crippen LogP contribution in [0.15, 0.2) is 0 Å². The Morgan fingerprint density at radius 1 is 1.38 bits per heavy atom. The summed E-state index contributed by atoms with van der Waals surface area (Å²) in [5.74, 6) is 0. The highest BCUT2D eigenvalue weighted by atomic mass is 16.5. The highest BCUT2D eigenvalue weighted by Gasteiger charge is 2.31. The van der Waals surface area contributed by atoms with Crippen LogP contribution in [0.2, 0.25) is 0 Å². The fraction of sp³-hybridized carbons (Fsp3) is 1.00. The molecule has 2 unspecified atom stereocenters. The molecule has 2 nitrogen and oxygen atoms in total.